The Balaban J connectivity index is 3.28. The Morgan fingerprint density at radius 1 is 0.571 bits per heavy atom. The van der Waals surface area contributed by atoms with Crippen LogP contribution in [0.5, 0.6) is 0 Å². The summed E-state index contributed by atoms with van der Waals surface area (Å²) in [5, 5.41) is 0. The summed E-state index contributed by atoms with van der Waals surface area (Å²) in [6.45, 7) is 4.56. The fourth-order valence-electron chi connectivity index (χ4n) is 2.89. The van der Waals surface area contributed by atoms with E-state index in [0.717, 1.165) is 0 Å². The third-order valence-corrected chi connectivity index (χ3v) is 4.91. The molecule has 0 bridgehead atoms. The molecule has 0 aromatic rings. The van der Waals surface area contributed by atoms with Crippen molar-refractivity contribution in [2.75, 3.05) is 0 Å². The zero-order valence-corrected chi connectivity index (χ0v) is 16.3. The maximum absolute atomic E-state index is 5.45. The normalized spacial score (nSPS) is 12.7. The van der Waals surface area contributed by atoms with Crippen molar-refractivity contribution in [2.45, 2.75) is 123 Å². The highest BCUT2D eigenvalue weighted by Gasteiger charge is 2.07. The molecule has 0 aliphatic heterocycles. The van der Waals surface area contributed by atoms with Crippen LogP contribution in [0, 0.1) is 0 Å². The van der Waals surface area contributed by atoms with Crippen LogP contribution in [0.15, 0.2) is 0 Å². The highest BCUT2D eigenvalue weighted by atomic mass is 79.9. The molecule has 1 unspecified atom stereocenters. The molecule has 0 aliphatic rings. The van der Waals surface area contributed by atoms with Crippen LogP contribution in [0.1, 0.15) is 117 Å². The molecule has 0 N–H and O–H groups in total. The van der Waals surface area contributed by atoms with Gasteiger partial charge in [0.05, 0.1) is 22.4 Å². The summed E-state index contributed by atoms with van der Waals surface area (Å²) in [5.74, 6) is 0. The smallest absolute Gasteiger partial charge is 0.0990 e. The van der Waals surface area contributed by atoms with Gasteiger partial charge in [0, 0.05) is 0 Å². The molecule has 0 aromatic heterocycles. The van der Waals surface area contributed by atoms with Gasteiger partial charge in [-0.15, -0.1) is 0 Å². The molecule has 0 spiro atoms. The van der Waals surface area contributed by atoms with Crippen molar-refractivity contribution in [2.24, 2.45) is 0 Å². The third-order valence-electron chi connectivity index (χ3n) is 4.39. The van der Waals surface area contributed by atoms with Gasteiger partial charge in [-0.2, -0.15) is 0 Å². The standard InChI is InChI=1S/C19H39BrO/c1-3-5-7-9-11-12-14-16-18-19(21-20)17-15-13-10-8-6-4-2/h19H,3-18H2,1-2H3. The molecule has 1 atom stereocenters. The van der Waals surface area contributed by atoms with Gasteiger partial charge >= 0.3 is 0 Å². The summed E-state index contributed by atoms with van der Waals surface area (Å²) < 4.78 is 5.45. The van der Waals surface area contributed by atoms with E-state index in [4.69, 9.17) is 3.83 Å². The number of hydrogen-bond acceptors (Lipinski definition) is 1. The zero-order chi connectivity index (χ0) is 15.6. The Bertz CT molecular complexity index is 184. The summed E-state index contributed by atoms with van der Waals surface area (Å²) in [6.07, 6.45) is 22.4. The summed E-state index contributed by atoms with van der Waals surface area (Å²) in [5.41, 5.74) is 0. The van der Waals surface area contributed by atoms with E-state index >= 15 is 0 Å². The fraction of sp³-hybridized carbons (Fsp3) is 1.00. The maximum atomic E-state index is 5.45. The van der Waals surface area contributed by atoms with E-state index < -0.39 is 0 Å². The van der Waals surface area contributed by atoms with Crippen LogP contribution in [0.25, 0.3) is 0 Å². The van der Waals surface area contributed by atoms with Crippen LogP contribution in [0.4, 0.5) is 0 Å². The first-order valence-electron chi connectivity index (χ1n) is 9.62. The van der Waals surface area contributed by atoms with E-state index in [1.54, 1.807) is 0 Å². The van der Waals surface area contributed by atoms with Crippen LogP contribution in [0.2, 0.25) is 0 Å². The lowest BCUT2D eigenvalue weighted by Gasteiger charge is -2.13. The number of hydrogen-bond donors (Lipinski definition) is 0. The lowest BCUT2D eigenvalue weighted by atomic mass is 10.0. The summed E-state index contributed by atoms with van der Waals surface area (Å²) in [6, 6.07) is 0. The largest absolute Gasteiger partial charge is 0.305 e. The Kier molecular flexibility index (Phi) is 18.9. The summed E-state index contributed by atoms with van der Waals surface area (Å²) >= 11 is 3.22. The second-order valence-corrected chi connectivity index (χ2v) is 6.90. The van der Waals surface area contributed by atoms with Gasteiger partial charge in [0.2, 0.25) is 0 Å². The fourth-order valence-corrected chi connectivity index (χ4v) is 3.27. The Labute approximate surface area is 143 Å². The second kappa shape index (κ2) is 18.5. The molecule has 0 saturated carbocycles. The molecular formula is C19H39BrO. The average Bonchev–Trinajstić information content (AvgIpc) is 2.51. The first kappa shape index (κ1) is 21.4. The van der Waals surface area contributed by atoms with Crippen molar-refractivity contribution in [3.05, 3.63) is 0 Å². The van der Waals surface area contributed by atoms with E-state index in [0.29, 0.717) is 6.10 Å². The predicted molar refractivity (Wildman–Crippen MR) is 99.0 cm³/mol. The van der Waals surface area contributed by atoms with E-state index in [-0.39, 0.29) is 0 Å². The number of halogens is 1. The van der Waals surface area contributed by atoms with Crippen molar-refractivity contribution < 1.29 is 3.83 Å². The van der Waals surface area contributed by atoms with Crippen molar-refractivity contribution in [1.82, 2.24) is 0 Å². The lowest BCUT2D eigenvalue weighted by Crippen LogP contribution is -2.07. The molecule has 0 fully saturated rings. The van der Waals surface area contributed by atoms with Crippen LogP contribution >= 0.6 is 16.3 Å². The Morgan fingerprint density at radius 3 is 1.24 bits per heavy atom. The van der Waals surface area contributed by atoms with Gasteiger partial charge in [-0.3, -0.25) is 0 Å². The number of rotatable bonds is 17. The van der Waals surface area contributed by atoms with Crippen LogP contribution in [-0.4, -0.2) is 6.10 Å². The van der Waals surface area contributed by atoms with Crippen LogP contribution in [0.3, 0.4) is 0 Å². The van der Waals surface area contributed by atoms with Gasteiger partial charge in [0.25, 0.3) is 0 Å². The van der Waals surface area contributed by atoms with E-state index in [1.807, 2.05) is 0 Å². The first-order chi connectivity index (χ1) is 10.3. The van der Waals surface area contributed by atoms with Crippen LogP contribution < -0.4 is 0 Å². The van der Waals surface area contributed by atoms with Gasteiger partial charge in [-0.05, 0) is 12.8 Å². The molecule has 2 heteroatoms. The topological polar surface area (TPSA) is 9.23 Å². The maximum Gasteiger partial charge on any atom is 0.0990 e. The van der Waals surface area contributed by atoms with Crippen molar-refractivity contribution in [3.63, 3.8) is 0 Å². The second-order valence-electron chi connectivity index (χ2n) is 6.53. The van der Waals surface area contributed by atoms with Gasteiger partial charge in [0.1, 0.15) is 0 Å². The summed E-state index contributed by atoms with van der Waals surface area (Å²) in [4.78, 5) is 0. The monoisotopic (exact) mass is 362 g/mol. The zero-order valence-electron chi connectivity index (χ0n) is 14.7. The number of unbranched alkanes of at least 4 members (excludes halogenated alkanes) is 12. The van der Waals surface area contributed by atoms with E-state index in [2.05, 4.69) is 30.1 Å². The molecule has 0 radical (unpaired) electrons. The van der Waals surface area contributed by atoms with Crippen molar-refractivity contribution >= 4 is 16.3 Å². The van der Waals surface area contributed by atoms with E-state index in [1.165, 1.54) is 103 Å². The molecule has 0 heterocycles. The third kappa shape index (κ3) is 16.6. The average molecular weight is 363 g/mol. The van der Waals surface area contributed by atoms with Gasteiger partial charge in [-0.1, -0.05) is 104 Å². The van der Waals surface area contributed by atoms with Crippen molar-refractivity contribution in [1.29, 1.82) is 0 Å². The van der Waals surface area contributed by atoms with E-state index in [9.17, 15) is 0 Å². The molecule has 1 nitrogen and oxygen atoms in total. The van der Waals surface area contributed by atoms with Crippen molar-refractivity contribution in [3.8, 4) is 0 Å². The molecule has 21 heavy (non-hydrogen) atoms. The molecule has 0 aliphatic carbocycles. The summed E-state index contributed by atoms with van der Waals surface area (Å²) in [7, 11) is 0. The first-order valence-corrected chi connectivity index (χ1v) is 10.3. The lowest BCUT2D eigenvalue weighted by molar-refractivity contribution is 0.220. The highest BCUT2D eigenvalue weighted by Crippen LogP contribution is 2.18. The minimum absolute atomic E-state index is 0.441. The Hall–Kier alpha value is 0.440. The van der Waals surface area contributed by atoms with Gasteiger partial charge < -0.3 is 3.83 Å². The molecule has 128 valence electrons. The molecule has 0 rings (SSSR count). The molecule has 0 amide bonds. The minimum Gasteiger partial charge on any atom is -0.305 e. The SMILES string of the molecule is CCCCCCCCCCC(CCCCCCCC)OBr. The molecule has 0 saturated heterocycles. The quantitative estimate of drug-likeness (QED) is 0.238. The minimum atomic E-state index is 0.441. The molecule has 0 aromatic carbocycles. The highest BCUT2D eigenvalue weighted by molar-refractivity contribution is 9.06. The van der Waals surface area contributed by atoms with Gasteiger partial charge in [-0.25, -0.2) is 0 Å². The Morgan fingerprint density at radius 2 is 0.905 bits per heavy atom. The van der Waals surface area contributed by atoms with Crippen LogP contribution in [-0.2, 0) is 3.83 Å². The van der Waals surface area contributed by atoms with Gasteiger partial charge in [0.15, 0.2) is 0 Å². The predicted octanol–water partition coefficient (Wildman–Crippen LogP) is 7.96. The molecular weight excluding hydrogens is 324 g/mol.